The zero-order valence-electron chi connectivity index (χ0n) is 13.4. The van der Waals surface area contributed by atoms with Crippen molar-refractivity contribution in [1.82, 2.24) is 14.9 Å². The normalized spacial score (nSPS) is 16.0. The Hall–Kier alpha value is -2.57. The zero-order valence-corrected chi connectivity index (χ0v) is 13.4. The average Bonchev–Trinajstić information content (AvgIpc) is 3.04. The first-order chi connectivity index (χ1) is 11.7. The number of ether oxygens (including phenoxy) is 1. The molecule has 0 bridgehead atoms. The van der Waals surface area contributed by atoms with Gasteiger partial charge in [0.15, 0.2) is 11.6 Å². The molecule has 0 saturated carbocycles. The monoisotopic (exact) mass is 332 g/mol. The van der Waals surface area contributed by atoms with Gasteiger partial charge in [0.25, 0.3) is 0 Å². The maximum Gasteiger partial charge on any atom is 0.318 e. The van der Waals surface area contributed by atoms with Crippen LogP contribution in [0.5, 0.6) is 6.01 Å². The number of nitrogens with zero attached hydrogens (tertiary/aromatic N) is 4. The molecule has 0 N–H and O–H groups in total. The van der Waals surface area contributed by atoms with E-state index in [0.29, 0.717) is 0 Å². The molecule has 1 fully saturated rings. The molecule has 1 aromatic carbocycles. The Morgan fingerprint density at radius 3 is 2.79 bits per heavy atom. The van der Waals surface area contributed by atoms with E-state index >= 15 is 0 Å². The third-order valence-corrected chi connectivity index (χ3v) is 3.79. The molecule has 0 unspecified atom stereocenters. The first kappa shape index (κ1) is 16.3. The molecule has 3 rings (SSSR count). The molecule has 1 aliphatic rings. The van der Waals surface area contributed by atoms with Gasteiger partial charge in [-0.25, -0.2) is 18.8 Å². The Kier molecular flexibility index (Phi) is 4.98. The maximum atomic E-state index is 13.9. The van der Waals surface area contributed by atoms with Crippen molar-refractivity contribution in [3.8, 4) is 6.01 Å². The summed E-state index contributed by atoms with van der Waals surface area (Å²) < 4.78 is 32.2. The largest absolute Gasteiger partial charge is 0.459 e. The lowest BCUT2D eigenvalue weighted by molar-refractivity contribution is 0.279. The van der Waals surface area contributed by atoms with Crippen LogP contribution in [0.4, 0.5) is 14.6 Å². The zero-order chi connectivity index (χ0) is 16.9. The molecule has 2 aromatic rings. The summed E-state index contributed by atoms with van der Waals surface area (Å²) in [5, 5.41) is 0. The molecular formula is C17H18F2N4O. The second kappa shape index (κ2) is 7.33. The predicted octanol–water partition coefficient (Wildman–Crippen LogP) is 3.48. The van der Waals surface area contributed by atoms with Gasteiger partial charge in [0.2, 0.25) is 0 Å². The van der Waals surface area contributed by atoms with Crippen molar-refractivity contribution in [3.05, 3.63) is 47.7 Å². The highest BCUT2D eigenvalue weighted by Gasteiger charge is 2.18. The molecule has 0 spiro atoms. The fraction of sp³-hybridized carbons (Fsp3) is 0.353. The minimum absolute atomic E-state index is 0.0190. The quantitative estimate of drug-likeness (QED) is 0.841. The van der Waals surface area contributed by atoms with Crippen molar-refractivity contribution in [2.45, 2.75) is 26.4 Å². The molecule has 126 valence electrons. The van der Waals surface area contributed by atoms with Crippen LogP contribution < -0.4 is 4.74 Å². The summed E-state index contributed by atoms with van der Waals surface area (Å²) in [6.45, 7) is 3.97. The van der Waals surface area contributed by atoms with E-state index < -0.39 is 5.82 Å². The van der Waals surface area contributed by atoms with Crippen LogP contribution in [-0.2, 0) is 6.61 Å². The first-order valence-electron chi connectivity index (χ1n) is 7.88. The number of aliphatic imine (C=N–C) groups is 1. The van der Waals surface area contributed by atoms with Gasteiger partial charge in [-0.1, -0.05) is 12.1 Å². The number of hydrogen-bond acceptors (Lipinski definition) is 4. The van der Waals surface area contributed by atoms with Crippen LogP contribution in [-0.4, -0.2) is 33.8 Å². The maximum absolute atomic E-state index is 13.9. The summed E-state index contributed by atoms with van der Waals surface area (Å²) in [6, 6.07) is 5.96. The Morgan fingerprint density at radius 1 is 1.25 bits per heavy atom. The Morgan fingerprint density at radius 2 is 2.04 bits per heavy atom. The van der Waals surface area contributed by atoms with Gasteiger partial charge in [-0.3, -0.25) is 0 Å². The van der Waals surface area contributed by atoms with E-state index in [1.54, 1.807) is 12.1 Å². The van der Waals surface area contributed by atoms with E-state index in [2.05, 4.69) is 19.9 Å². The average molecular weight is 332 g/mol. The van der Waals surface area contributed by atoms with Gasteiger partial charge in [-0.15, -0.1) is 0 Å². The van der Waals surface area contributed by atoms with Crippen molar-refractivity contribution in [2.24, 2.45) is 4.99 Å². The van der Waals surface area contributed by atoms with Gasteiger partial charge in [0.1, 0.15) is 18.3 Å². The van der Waals surface area contributed by atoms with Crippen molar-refractivity contribution in [1.29, 1.82) is 0 Å². The number of rotatable bonds is 5. The fourth-order valence-electron chi connectivity index (χ4n) is 2.52. The third kappa shape index (κ3) is 3.84. The van der Waals surface area contributed by atoms with Crippen LogP contribution in [0, 0.1) is 11.6 Å². The summed E-state index contributed by atoms with van der Waals surface area (Å²) in [5.41, 5.74) is 0.769. The molecular weight excluding hydrogens is 314 g/mol. The van der Waals surface area contributed by atoms with E-state index in [1.807, 2.05) is 6.92 Å². The number of likely N-dealkylation sites (tertiary alicyclic amines) is 1. The number of aromatic nitrogens is 2. The Bertz CT molecular complexity index is 734. The van der Waals surface area contributed by atoms with Gasteiger partial charge in [0, 0.05) is 19.5 Å². The summed E-state index contributed by atoms with van der Waals surface area (Å²) in [6.07, 6.45) is 2.87. The summed E-state index contributed by atoms with van der Waals surface area (Å²) >= 11 is 0. The smallest absolute Gasteiger partial charge is 0.318 e. The second-order valence-electron chi connectivity index (χ2n) is 5.45. The summed E-state index contributed by atoms with van der Waals surface area (Å²) in [5.74, 6) is -0.0828. The molecule has 24 heavy (non-hydrogen) atoms. The first-order valence-corrected chi connectivity index (χ1v) is 7.88. The van der Waals surface area contributed by atoms with Crippen LogP contribution in [0.3, 0.4) is 0 Å². The lowest BCUT2D eigenvalue weighted by Crippen LogP contribution is -2.24. The molecule has 0 aliphatic carbocycles. The predicted molar refractivity (Wildman–Crippen MR) is 86.3 cm³/mol. The van der Waals surface area contributed by atoms with Gasteiger partial charge < -0.3 is 9.64 Å². The molecule has 1 aliphatic heterocycles. The molecule has 1 saturated heterocycles. The minimum Gasteiger partial charge on any atom is -0.459 e. The highest BCUT2D eigenvalue weighted by Crippen LogP contribution is 2.21. The SMILES string of the molecule is CCN1CCCC1=Nc1nc(OCc2ccc(F)cc2)ncc1F. The molecule has 0 atom stereocenters. The van der Waals surface area contributed by atoms with Crippen molar-refractivity contribution in [3.63, 3.8) is 0 Å². The Labute approximate surface area is 139 Å². The lowest BCUT2D eigenvalue weighted by Gasteiger charge is -2.15. The van der Waals surface area contributed by atoms with Gasteiger partial charge in [-0.05, 0) is 31.0 Å². The molecule has 5 nitrogen and oxygen atoms in total. The van der Waals surface area contributed by atoms with E-state index in [4.69, 9.17) is 4.74 Å². The summed E-state index contributed by atoms with van der Waals surface area (Å²) in [4.78, 5) is 14.3. The van der Waals surface area contributed by atoms with E-state index in [-0.39, 0.29) is 24.3 Å². The number of benzene rings is 1. The summed E-state index contributed by atoms with van der Waals surface area (Å²) in [7, 11) is 0. The Balaban J connectivity index is 1.74. The topological polar surface area (TPSA) is 50.6 Å². The van der Waals surface area contributed by atoms with Crippen LogP contribution in [0.1, 0.15) is 25.3 Å². The fourth-order valence-corrected chi connectivity index (χ4v) is 2.52. The van der Waals surface area contributed by atoms with Crippen LogP contribution >= 0.6 is 0 Å². The van der Waals surface area contributed by atoms with Gasteiger partial charge in [0.05, 0.1) is 6.20 Å². The molecule has 7 heteroatoms. The number of amidine groups is 1. The molecule has 0 amide bonds. The molecule has 1 aromatic heterocycles. The lowest BCUT2D eigenvalue weighted by atomic mass is 10.2. The van der Waals surface area contributed by atoms with E-state index in [9.17, 15) is 8.78 Å². The van der Waals surface area contributed by atoms with Crippen LogP contribution in [0.2, 0.25) is 0 Å². The number of halogens is 2. The third-order valence-electron chi connectivity index (χ3n) is 3.79. The van der Waals surface area contributed by atoms with Crippen molar-refractivity contribution in [2.75, 3.05) is 13.1 Å². The van der Waals surface area contributed by atoms with E-state index in [1.165, 1.54) is 12.1 Å². The van der Waals surface area contributed by atoms with Crippen LogP contribution in [0.15, 0.2) is 35.5 Å². The van der Waals surface area contributed by atoms with Crippen molar-refractivity contribution < 1.29 is 13.5 Å². The highest BCUT2D eigenvalue weighted by molar-refractivity contribution is 5.86. The minimum atomic E-state index is -0.584. The highest BCUT2D eigenvalue weighted by atomic mass is 19.1. The standard InChI is InChI=1S/C17H18F2N4O/c1-2-23-9-3-4-15(23)21-16-14(19)10-20-17(22-16)24-11-12-5-7-13(18)8-6-12/h5-8,10H,2-4,9,11H2,1H3. The molecule has 2 heterocycles. The second-order valence-corrected chi connectivity index (χ2v) is 5.45. The van der Waals surface area contributed by atoms with Crippen LogP contribution in [0.25, 0.3) is 0 Å². The van der Waals surface area contributed by atoms with Gasteiger partial charge >= 0.3 is 6.01 Å². The van der Waals surface area contributed by atoms with Crippen molar-refractivity contribution >= 4 is 11.7 Å². The van der Waals surface area contributed by atoms with Gasteiger partial charge in [-0.2, -0.15) is 4.98 Å². The number of hydrogen-bond donors (Lipinski definition) is 0. The van der Waals surface area contributed by atoms with E-state index in [0.717, 1.165) is 43.5 Å². The molecule has 0 radical (unpaired) electrons.